The van der Waals surface area contributed by atoms with Gasteiger partial charge in [0.2, 0.25) is 0 Å². The van der Waals surface area contributed by atoms with Crippen LogP contribution >= 0.6 is 0 Å². The zero-order chi connectivity index (χ0) is 24.4. The van der Waals surface area contributed by atoms with E-state index >= 15 is 0 Å². The van der Waals surface area contributed by atoms with Crippen LogP contribution in [0.1, 0.15) is 0 Å². The van der Waals surface area contributed by atoms with Crippen LogP contribution in [0.5, 0.6) is 0 Å². The van der Waals surface area contributed by atoms with Gasteiger partial charge in [-0.2, -0.15) is 0 Å². The van der Waals surface area contributed by atoms with E-state index in [0.717, 1.165) is 0 Å². The summed E-state index contributed by atoms with van der Waals surface area (Å²) in [5.41, 5.74) is 0. The van der Waals surface area contributed by atoms with E-state index in [1.165, 1.54) is 0 Å². The zero-order valence-electron chi connectivity index (χ0n) is 16.6. The van der Waals surface area contributed by atoms with E-state index in [4.69, 9.17) is 77.7 Å². The summed E-state index contributed by atoms with van der Waals surface area (Å²) in [6.07, 6.45) is 0. The summed E-state index contributed by atoms with van der Waals surface area (Å²) in [5.74, 6) is 0. The van der Waals surface area contributed by atoms with Gasteiger partial charge in [0.25, 0.3) is 0 Å². The third-order valence-corrected chi connectivity index (χ3v) is 2.23. The molecule has 0 aromatic rings. The molecule has 0 aromatic heterocycles. The molecule has 1 aliphatic heterocycles. The van der Waals surface area contributed by atoms with E-state index in [-0.39, 0.29) is 38.2 Å². The summed E-state index contributed by atoms with van der Waals surface area (Å²) in [4.78, 5) is 16.5. The monoisotopic (exact) mass is 651 g/mol. The van der Waals surface area contributed by atoms with Gasteiger partial charge in [0.15, 0.2) is 0 Å². The normalized spacial score (nSPS) is 16.9. The topological polar surface area (TPSA) is 280 Å². The van der Waals surface area contributed by atoms with E-state index in [2.05, 4.69) is 0 Å². The quantitative estimate of drug-likeness (QED) is 0.175. The minimum absolute atomic E-state index is 0. The summed E-state index contributed by atoms with van der Waals surface area (Å²) in [5, 5.41) is 29.5. The van der Waals surface area contributed by atoms with Crippen molar-refractivity contribution in [1.82, 2.24) is 0 Å². The second kappa shape index (κ2) is 30.6. The summed E-state index contributed by atoms with van der Waals surface area (Å²) in [7, 11) is -4.94. The van der Waals surface area contributed by atoms with Crippen LogP contribution in [0.25, 0.3) is 0 Å². The molecule has 1 radical (unpaired) electrons. The summed E-state index contributed by atoms with van der Waals surface area (Å²) >= 11 is 0. The largest absolute Gasteiger partial charge is 3.00 e. The van der Waals surface area contributed by atoms with Crippen molar-refractivity contribution in [3.8, 4) is 0 Å². The van der Waals surface area contributed by atoms with Crippen LogP contribution in [0.4, 0.5) is 0 Å². The second-order valence-corrected chi connectivity index (χ2v) is 5.26. The van der Waals surface area contributed by atoms with E-state index in [1.54, 1.807) is 0 Å². The number of ether oxygens (including phenoxy) is 6. The van der Waals surface area contributed by atoms with Crippen molar-refractivity contribution in [2.45, 2.75) is 0 Å². The molecular weight excluding hydrogens is 626 g/mol. The van der Waals surface area contributed by atoms with Gasteiger partial charge in [-0.25, -0.2) is 18.6 Å². The maximum absolute atomic E-state index is 8.49. The van der Waals surface area contributed by atoms with E-state index in [0.29, 0.717) is 79.3 Å². The molecule has 0 N–H and O–H groups in total. The van der Waals surface area contributed by atoms with Gasteiger partial charge < -0.3 is 59.1 Å². The first-order valence-electron chi connectivity index (χ1n) is 8.18. The molecule has 0 spiro atoms. The number of halogens is 1. The van der Waals surface area contributed by atoms with Crippen LogP contribution in [0.2, 0.25) is 0 Å². The third kappa shape index (κ3) is 78.2. The molecule has 1 rings (SSSR count). The van der Waals surface area contributed by atoms with Crippen LogP contribution in [-0.2, 0) is 28.4 Å². The molecule has 32 heavy (non-hydrogen) atoms. The molecule has 0 amide bonds. The smallest absolute Gasteiger partial charge is 0.377 e. The molecule has 195 valence electrons. The van der Waals surface area contributed by atoms with Gasteiger partial charge in [0.1, 0.15) is 0 Å². The molecule has 0 unspecified atom stereocenters. The molecule has 1 fully saturated rings. The van der Waals surface area contributed by atoms with Gasteiger partial charge >= 0.3 is 38.2 Å². The summed E-state index contributed by atoms with van der Waals surface area (Å²) in [6, 6.07) is 0. The van der Waals surface area contributed by atoms with Crippen LogP contribution in [-0.4, -0.2) is 89.5 Å². The predicted octanol–water partition coefficient (Wildman–Crippen LogP) is -5.13. The molecule has 0 aliphatic carbocycles. The third-order valence-electron chi connectivity index (χ3n) is 2.23. The van der Waals surface area contributed by atoms with Crippen molar-refractivity contribution in [1.29, 1.82) is 0 Å². The van der Waals surface area contributed by atoms with Crippen LogP contribution in [0.15, 0.2) is 0 Å². The number of rotatable bonds is 0. The molecule has 0 aromatic carbocycles. The Morgan fingerprint density at radius 1 is 0.438 bits per heavy atom. The first kappa shape index (κ1) is 38.8. The molecule has 0 bridgehead atoms. The van der Waals surface area contributed by atoms with Gasteiger partial charge in [0.05, 0.1) is 89.5 Å². The molecule has 1 saturated heterocycles. The Labute approximate surface area is 214 Å². The fourth-order valence-corrected chi connectivity index (χ4v) is 1.32. The zero-order valence-corrected chi connectivity index (χ0v) is 19.4. The summed E-state index contributed by atoms with van der Waals surface area (Å²) < 4.78 is 65.9. The fraction of sp³-hybridized carbons (Fsp3) is 1.00. The number of nitrogens with zero attached hydrogens (tertiary/aromatic N) is 2. The van der Waals surface area contributed by atoms with Crippen molar-refractivity contribution in [2.75, 3.05) is 79.3 Å². The Kier molecular flexibility index (Phi) is 37.1. The van der Waals surface area contributed by atoms with Crippen molar-refractivity contribution in [2.24, 2.45) is 0 Å². The van der Waals surface area contributed by atoms with Gasteiger partial charge in [-0.3, -0.25) is 0 Å². The Balaban J connectivity index is -0.000000231. The number of hydrogen-bond donors (Lipinski definition) is 0. The minimum Gasteiger partial charge on any atom is -0.377 e. The van der Waals surface area contributed by atoms with Crippen LogP contribution < -0.4 is 18.6 Å². The van der Waals surface area contributed by atoms with Gasteiger partial charge in [-0.15, -0.1) is 10.2 Å². The maximum atomic E-state index is 8.49. The van der Waals surface area contributed by atoms with Crippen molar-refractivity contribution in [3.63, 3.8) is 0 Å². The van der Waals surface area contributed by atoms with E-state index in [1.807, 2.05) is 0 Å². The maximum Gasteiger partial charge on any atom is 3.00 e. The molecule has 0 atom stereocenters. The van der Waals surface area contributed by atoms with Crippen molar-refractivity contribution >= 4 is 0 Å². The molecular formula is C12H24ClDyN2O16. The Morgan fingerprint density at radius 2 is 0.500 bits per heavy atom. The summed E-state index contributed by atoms with van der Waals surface area (Å²) in [6.45, 7) is 7.04. The average molecular weight is 650 g/mol. The van der Waals surface area contributed by atoms with Crippen LogP contribution in [0.3, 0.4) is 0 Å². The Hall–Kier alpha value is -0.437. The first-order valence-corrected chi connectivity index (χ1v) is 9.41. The van der Waals surface area contributed by atoms with Crippen LogP contribution in [0, 0.1) is 79.1 Å². The SMILES string of the molecule is C1COCCOCCOCCOCCOCCO1.O=[N+]([O-])[O-].O=[N+]([O-])[O-].[Dy+3].[O-][Cl+3]([O-])([O-])[O-]. The van der Waals surface area contributed by atoms with Gasteiger partial charge in [-0.05, 0) is 0 Å². The molecule has 1 aliphatic rings. The van der Waals surface area contributed by atoms with Crippen molar-refractivity contribution in [3.05, 3.63) is 30.6 Å². The molecule has 20 heteroatoms. The van der Waals surface area contributed by atoms with E-state index < -0.39 is 20.4 Å². The van der Waals surface area contributed by atoms with Crippen molar-refractivity contribution < 1.29 is 106 Å². The van der Waals surface area contributed by atoms with Gasteiger partial charge in [-0.1, -0.05) is 0 Å². The fourth-order valence-electron chi connectivity index (χ4n) is 1.32. The second-order valence-electron chi connectivity index (χ2n) is 4.50. The average Bonchev–Trinajstić information content (AvgIpc) is 2.59. The standard InChI is InChI=1S/C12H24O6.ClHO4.Dy.2NO3/c1-2-14-5-6-16-9-10-18-12-11-17-8-7-15-4-3-13-1;2-1(3,4)5;;2*2-1(3)4/h1-12H2;(H,2,3,4,5);;;/q;;+3;2*-1/p-1. The first-order chi connectivity index (χ1) is 14.5. The molecule has 0 saturated carbocycles. The Morgan fingerprint density at radius 3 is 0.562 bits per heavy atom. The number of hydrogen-bond acceptors (Lipinski definition) is 16. The Bertz CT molecular complexity index is 305. The predicted molar refractivity (Wildman–Crippen MR) is 85.6 cm³/mol. The minimum atomic E-state index is -4.94. The molecule has 18 nitrogen and oxygen atoms in total. The van der Waals surface area contributed by atoms with Gasteiger partial charge in [0, 0.05) is 0 Å². The van der Waals surface area contributed by atoms with E-state index in [9.17, 15) is 0 Å². The molecule has 1 heterocycles.